The summed E-state index contributed by atoms with van der Waals surface area (Å²) >= 11 is 1.49. The van der Waals surface area contributed by atoms with Gasteiger partial charge >= 0.3 is 0 Å². The van der Waals surface area contributed by atoms with Crippen molar-refractivity contribution in [2.45, 2.75) is 13.8 Å². The van der Waals surface area contributed by atoms with Gasteiger partial charge in [0.2, 0.25) is 5.13 Å². The molecule has 90 valence electrons. The van der Waals surface area contributed by atoms with Crippen LogP contribution in [0.3, 0.4) is 0 Å². The van der Waals surface area contributed by atoms with Gasteiger partial charge in [-0.1, -0.05) is 29.5 Å². The zero-order valence-corrected chi connectivity index (χ0v) is 11.0. The van der Waals surface area contributed by atoms with E-state index in [2.05, 4.69) is 32.3 Å². The summed E-state index contributed by atoms with van der Waals surface area (Å²) in [6, 6.07) is 8.20. The van der Waals surface area contributed by atoms with Crippen LogP contribution in [0.1, 0.15) is 16.3 Å². The van der Waals surface area contributed by atoms with Gasteiger partial charge in [0.25, 0.3) is 0 Å². The van der Waals surface area contributed by atoms with Crippen molar-refractivity contribution in [1.82, 2.24) is 15.2 Å². The Hall–Kier alpha value is -2.01. The van der Waals surface area contributed by atoms with E-state index in [0.29, 0.717) is 5.13 Å². The lowest BCUT2D eigenvalue weighted by Crippen LogP contribution is -1.82. The number of aromatic nitrogens is 3. The highest BCUT2D eigenvalue weighted by atomic mass is 32.1. The lowest BCUT2D eigenvalue weighted by Gasteiger charge is -1.91. The number of hydrogen-bond acceptors (Lipinski definition) is 4. The smallest absolute Gasteiger partial charge is 0.231 e. The highest BCUT2D eigenvalue weighted by molar-refractivity contribution is 7.14. The van der Waals surface area contributed by atoms with Crippen molar-refractivity contribution in [3.05, 3.63) is 40.5 Å². The van der Waals surface area contributed by atoms with Crippen molar-refractivity contribution >= 4 is 33.6 Å². The third-order valence-electron chi connectivity index (χ3n) is 2.76. The Bertz CT molecular complexity index is 724. The molecular weight excluding hydrogens is 244 g/mol. The molecule has 5 heteroatoms. The van der Waals surface area contributed by atoms with E-state index >= 15 is 0 Å². The second-order valence-corrected chi connectivity index (χ2v) is 5.23. The number of para-hydroxylation sites is 1. The van der Waals surface area contributed by atoms with Gasteiger partial charge in [-0.15, -0.1) is 10.2 Å². The second kappa shape index (κ2) is 4.34. The van der Waals surface area contributed by atoms with E-state index in [0.717, 1.165) is 21.8 Å². The highest BCUT2D eigenvalue weighted by Crippen LogP contribution is 2.22. The number of fused-ring (bicyclic) bond motifs is 1. The molecule has 3 rings (SSSR count). The average Bonchev–Trinajstić information content (AvgIpc) is 2.90. The number of aromatic amines is 1. The Kier molecular flexibility index (Phi) is 2.68. The molecule has 0 aliphatic carbocycles. The van der Waals surface area contributed by atoms with Crippen LogP contribution in [0, 0.1) is 13.8 Å². The van der Waals surface area contributed by atoms with Crippen LogP contribution in [0.4, 0.5) is 5.13 Å². The summed E-state index contributed by atoms with van der Waals surface area (Å²) in [5, 5.41) is 10.7. The Morgan fingerprint density at radius 3 is 2.83 bits per heavy atom. The first-order chi connectivity index (χ1) is 8.74. The van der Waals surface area contributed by atoms with Gasteiger partial charge in [-0.3, -0.25) is 0 Å². The molecule has 0 atom stereocenters. The van der Waals surface area contributed by atoms with E-state index in [1.807, 2.05) is 32.2 Å². The van der Waals surface area contributed by atoms with Crippen molar-refractivity contribution in [3.63, 3.8) is 0 Å². The number of H-pyrrole nitrogens is 1. The molecule has 0 unspecified atom stereocenters. The fraction of sp³-hybridized carbons (Fsp3) is 0.154. The van der Waals surface area contributed by atoms with Crippen LogP contribution >= 0.6 is 11.3 Å². The van der Waals surface area contributed by atoms with Crippen molar-refractivity contribution in [2.24, 2.45) is 4.99 Å². The van der Waals surface area contributed by atoms with Gasteiger partial charge in [0.1, 0.15) is 5.01 Å². The first-order valence-electron chi connectivity index (χ1n) is 5.65. The summed E-state index contributed by atoms with van der Waals surface area (Å²) in [5.41, 5.74) is 3.35. The molecule has 0 saturated carbocycles. The third-order valence-corrected chi connectivity index (χ3v) is 3.51. The Morgan fingerprint density at radius 2 is 2.06 bits per heavy atom. The molecule has 0 radical (unpaired) electrons. The number of benzene rings is 1. The minimum Gasteiger partial charge on any atom is -0.358 e. The van der Waals surface area contributed by atoms with Gasteiger partial charge in [-0.2, -0.15) is 0 Å². The molecule has 0 spiro atoms. The predicted molar refractivity (Wildman–Crippen MR) is 74.9 cm³/mol. The minimum absolute atomic E-state index is 0.692. The van der Waals surface area contributed by atoms with Gasteiger partial charge in [0.15, 0.2) is 0 Å². The van der Waals surface area contributed by atoms with Crippen LogP contribution in [0.2, 0.25) is 0 Å². The van der Waals surface area contributed by atoms with Crippen LogP contribution < -0.4 is 0 Å². The van der Waals surface area contributed by atoms with E-state index in [9.17, 15) is 0 Å². The first-order valence-corrected chi connectivity index (χ1v) is 6.47. The first kappa shape index (κ1) is 11.1. The van der Waals surface area contributed by atoms with Gasteiger partial charge in [-0.05, 0) is 19.9 Å². The zero-order valence-electron chi connectivity index (χ0n) is 10.1. The molecule has 3 aromatic rings. The summed E-state index contributed by atoms with van der Waals surface area (Å²) in [6.45, 7) is 3.97. The number of aliphatic imine (C=N–C) groups is 1. The summed E-state index contributed by atoms with van der Waals surface area (Å²) in [4.78, 5) is 7.73. The minimum atomic E-state index is 0.692. The normalized spacial score (nSPS) is 11.7. The molecule has 0 aliphatic heterocycles. The van der Waals surface area contributed by atoms with Gasteiger partial charge in [0, 0.05) is 28.4 Å². The Balaban J connectivity index is 2.04. The number of nitrogens with zero attached hydrogens (tertiary/aromatic N) is 3. The van der Waals surface area contributed by atoms with Crippen molar-refractivity contribution < 1.29 is 0 Å². The van der Waals surface area contributed by atoms with Crippen LogP contribution in [0.25, 0.3) is 10.9 Å². The quantitative estimate of drug-likeness (QED) is 0.714. The molecule has 0 aliphatic rings. The maximum absolute atomic E-state index is 4.38. The Labute approximate surface area is 108 Å². The van der Waals surface area contributed by atoms with E-state index in [-0.39, 0.29) is 0 Å². The second-order valence-electron chi connectivity index (χ2n) is 4.07. The standard InChI is InChI=1S/C13H12N4S/c1-8-11(7-14-13-17-16-9(2)18-13)10-5-3-4-6-12(10)15-8/h3-7,15H,1-2H3/b14-7+. The molecule has 0 bridgehead atoms. The molecular formula is C13H12N4S. The maximum Gasteiger partial charge on any atom is 0.231 e. The molecule has 2 aromatic heterocycles. The van der Waals surface area contributed by atoms with E-state index < -0.39 is 0 Å². The summed E-state index contributed by atoms with van der Waals surface area (Å²) in [6.07, 6.45) is 1.86. The van der Waals surface area contributed by atoms with Crippen LogP contribution in [-0.2, 0) is 0 Å². The topological polar surface area (TPSA) is 53.9 Å². The molecule has 0 saturated heterocycles. The lowest BCUT2D eigenvalue weighted by atomic mass is 10.1. The van der Waals surface area contributed by atoms with Gasteiger partial charge in [-0.25, -0.2) is 4.99 Å². The Morgan fingerprint density at radius 1 is 1.22 bits per heavy atom. The van der Waals surface area contributed by atoms with Crippen LogP contribution in [0.15, 0.2) is 29.3 Å². The van der Waals surface area contributed by atoms with Gasteiger partial charge in [0.05, 0.1) is 0 Å². The fourth-order valence-electron chi connectivity index (χ4n) is 1.92. The average molecular weight is 256 g/mol. The number of aryl methyl sites for hydroxylation is 2. The third kappa shape index (κ3) is 1.93. The van der Waals surface area contributed by atoms with Crippen molar-refractivity contribution in [3.8, 4) is 0 Å². The molecule has 0 amide bonds. The van der Waals surface area contributed by atoms with E-state index in [1.165, 1.54) is 16.7 Å². The number of rotatable bonds is 2. The highest BCUT2D eigenvalue weighted by Gasteiger charge is 2.05. The zero-order chi connectivity index (χ0) is 12.5. The molecule has 1 N–H and O–H groups in total. The van der Waals surface area contributed by atoms with E-state index in [4.69, 9.17) is 0 Å². The van der Waals surface area contributed by atoms with Crippen molar-refractivity contribution in [2.75, 3.05) is 0 Å². The summed E-state index contributed by atoms with van der Waals surface area (Å²) in [5.74, 6) is 0. The van der Waals surface area contributed by atoms with Crippen LogP contribution in [-0.4, -0.2) is 21.4 Å². The number of hydrogen-bond donors (Lipinski definition) is 1. The van der Waals surface area contributed by atoms with Crippen LogP contribution in [0.5, 0.6) is 0 Å². The predicted octanol–water partition coefficient (Wildman–Crippen LogP) is 3.39. The molecule has 18 heavy (non-hydrogen) atoms. The molecule has 4 nitrogen and oxygen atoms in total. The molecule has 1 aromatic carbocycles. The number of nitrogens with one attached hydrogen (secondary N) is 1. The summed E-state index contributed by atoms with van der Waals surface area (Å²) < 4.78 is 0. The van der Waals surface area contributed by atoms with E-state index in [1.54, 1.807) is 0 Å². The SMILES string of the molecule is Cc1nnc(/N=C/c2c(C)[nH]c3ccccc23)s1. The monoisotopic (exact) mass is 256 g/mol. The lowest BCUT2D eigenvalue weighted by molar-refractivity contribution is 1.04. The molecule has 2 heterocycles. The maximum atomic E-state index is 4.38. The largest absolute Gasteiger partial charge is 0.358 e. The molecule has 0 fully saturated rings. The van der Waals surface area contributed by atoms with Gasteiger partial charge < -0.3 is 4.98 Å². The summed E-state index contributed by atoms with van der Waals surface area (Å²) in [7, 11) is 0. The van der Waals surface area contributed by atoms with Crippen molar-refractivity contribution in [1.29, 1.82) is 0 Å². The fourth-order valence-corrected chi connectivity index (χ4v) is 2.46.